The number of carbonyl (C=O) groups is 2. The third kappa shape index (κ3) is 8.53. The Bertz CT molecular complexity index is 858. The number of halogens is 2. The van der Waals surface area contributed by atoms with Gasteiger partial charge in [-0.1, -0.05) is 18.0 Å². The van der Waals surface area contributed by atoms with E-state index in [1.807, 2.05) is 0 Å². The van der Waals surface area contributed by atoms with Crippen LogP contribution < -0.4 is 10.0 Å². The van der Waals surface area contributed by atoms with Gasteiger partial charge in [-0.25, -0.2) is 13.4 Å². The number of carbonyl (C=O) groups excluding carboxylic acids is 2. The molecular formula is C18H24Cl2N4O4S. The first-order valence-corrected chi connectivity index (χ1v) is 10.7. The first-order valence-electron chi connectivity index (χ1n) is 8.87. The summed E-state index contributed by atoms with van der Waals surface area (Å²) in [5.74, 6) is -0.429. The van der Waals surface area contributed by atoms with Crippen molar-refractivity contribution in [3.05, 3.63) is 48.0 Å². The third-order valence-corrected chi connectivity index (χ3v) is 5.73. The van der Waals surface area contributed by atoms with Gasteiger partial charge in [0.05, 0.1) is 11.2 Å². The summed E-state index contributed by atoms with van der Waals surface area (Å²) in [6.45, 7) is 0.505. The Balaban J connectivity index is 0.00000420. The highest BCUT2D eigenvalue weighted by Crippen LogP contribution is 2.14. The number of sulfonamides is 1. The molecule has 2 rings (SSSR count). The fourth-order valence-electron chi connectivity index (χ4n) is 2.51. The zero-order valence-electron chi connectivity index (χ0n) is 15.7. The predicted molar refractivity (Wildman–Crippen MR) is 113 cm³/mol. The van der Waals surface area contributed by atoms with Crippen LogP contribution in [0.4, 0.5) is 0 Å². The van der Waals surface area contributed by atoms with Gasteiger partial charge in [-0.05, 0) is 37.1 Å². The molecule has 1 unspecified atom stereocenters. The molecule has 29 heavy (non-hydrogen) atoms. The average Bonchev–Trinajstić information content (AvgIpc) is 3.17. The molecule has 1 aromatic heterocycles. The van der Waals surface area contributed by atoms with Crippen molar-refractivity contribution in [2.24, 2.45) is 0 Å². The molecule has 1 aromatic carbocycles. The molecule has 160 valence electrons. The Morgan fingerprint density at radius 1 is 1.21 bits per heavy atom. The van der Waals surface area contributed by atoms with Gasteiger partial charge in [0.15, 0.2) is 0 Å². The van der Waals surface area contributed by atoms with Gasteiger partial charge in [0, 0.05) is 36.9 Å². The lowest BCUT2D eigenvalue weighted by molar-refractivity contribution is -0.123. The van der Waals surface area contributed by atoms with Gasteiger partial charge in [0.1, 0.15) is 12.3 Å². The van der Waals surface area contributed by atoms with E-state index in [9.17, 15) is 18.0 Å². The van der Waals surface area contributed by atoms with E-state index in [-0.39, 0.29) is 23.8 Å². The van der Waals surface area contributed by atoms with Crippen molar-refractivity contribution in [3.63, 3.8) is 0 Å². The molecule has 0 bridgehead atoms. The minimum atomic E-state index is -3.91. The second-order valence-corrected chi connectivity index (χ2v) is 8.34. The quantitative estimate of drug-likeness (QED) is 0.370. The van der Waals surface area contributed by atoms with E-state index >= 15 is 0 Å². The molecule has 8 nitrogen and oxygen atoms in total. The van der Waals surface area contributed by atoms with Crippen molar-refractivity contribution in [1.82, 2.24) is 19.6 Å². The van der Waals surface area contributed by atoms with Crippen LogP contribution in [0.1, 0.15) is 25.7 Å². The minimum absolute atomic E-state index is 0. The first kappa shape index (κ1) is 25.1. The second-order valence-electron chi connectivity index (χ2n) is 6.19. The molecule has 0 aliphatic heterocycles. The van der Waals surface area contributed by atoms with Crippen molar-refractivity contribution in [2.75, 3.05) is 6.54 Å². The van der Waals surface area contributed by atoms with Gasteiger partial charge in [-0.3, -0.25) is 4.79 Å². The summed E-state index contributed by atoms with van der Waals surface area (Å²) < 4.78 is 29.4. The number of unbranched alkanes of at least 4 members (excludes halogenated alkanes) is 3. The largest absolute Gasteiger partial charge is 0.355 e. The summed E-state index contributed by atoms with van der Waals surface area (Å²) in [6.07, 6.45) is 8.36. The molecule has 2 aromatic rings. The lowest BCUT2D eigenvalue weighted by Gasteiger charge is -2.19. The van der Waals surface area contributed by atoms with Crippen molar-refractivity contribution in [1.29, 1.82) is 0 Å². The van der Waals surface area contributed by atoms with Crippen LogP contribution >= 0.6 is 24.0 Å². The Morgan fingerprint density at radius 3 is 2.55 bits per heavy atom. The predicted octanol–water partition coefficient (Wildman–Crippen LogP) is 2.18. The molecular weight excluding hydrogens is 439 g/mol. The zero-order valence-corrected chi connectivity index (χ0v) is 18.0. The molecule has 0 spiro atoms. The topological polar surface area (TPSA) is 110 Å². The lowest BCUT2D eigenvalue weighted by atomic mass is 10.2. The number of aromatic nitrogens is 2. The van der Waals surface area contributed by atoms with Gasteiger partial charge in [-0.15, -0.1) is 12.4 Å². The van der Waals surface area contributed by atoms with Crippen molar-refractivity contribution in [2.45, 2.75) is 43.2 Å². The van der Waals surface area contributed by atoms with Crippen LogP contribution in [0.25, 0.3) is 0 Å². The molecule has 11 heteroatoms. The number of rotatable bonds is 12. The fraction of sp³-hybridized carbons (Fsp3) is 0.389. The number of amides is 1. The van der Waals surface area contributed by atoms with Crippen LogP contribution in [0.2, 0.25) is 5.02 Å². The van der Waals surface area contributed by atoms with Crippen LogP contribution in [-0.2, 0) is 26.2 Å². The van der Waals surface area contributed by atoms with Crippen molar-refractivity contribution >= 4 is 46.2 Å². The summed E-state index contributed by atoms with van der Waals surface area (Å²) in [5.41, 5.74) is 0. The maximum absolute atomic E-state index is 12.6. The number of hydrogen-bond acceptors (Lipinski definition) is 5. The monoisotopic (exact) mass is 462 g/mol. The third-order valence-electron chi connectivity index (χ3n) is 3.99. The number of nitrogens with zero attached hydrogens (tertiary/aromatic N) is 2. The maximum Gasteiger partial charge on any atom is 0.241 e. The van der Waals surface area contributed by atoms with Crippen LogP contribution in [0.5, 0.6) is 0 Å². The fourth-order valence-corrected chi connectivity index (χ4v) is 3.83. The van der Waals surface area contributed by atoms with Crippen molar-refractivity contribution < 1.29 is 18.0 Å². The van der Waals surface area contributed by atoms with Crippen LogP contribution in [0.3, 0.4) is 0 Å². The number of aldehydes is 1. The number of nitrogens with one attached hydrogen (secondary N) is 2. The average molecular weight is 463 g/mol. The number of imidazole rings is 1. The Hall–Kier alpha value is -1.94. The Kier molecular flexibility index (Phi) is 10.9. The molecule has 0 saturated heterocycles. The van der Waals surface area contributed by atoms with Gasteiger partial charge >= 0.3 is 0 Å². The van der Waals surface area contributed by atoms with Crippen LogP contribution in [0.15, 0.2) is 47.9 Å². The molecule has 0 saturated carbocycles. The van der Waals surface area contributed by atoms with Gasteiger partial charge < -0.3 is 14.7 Å². The molecule has 1 atom stereocenters. The normalized spacial score (nSPS) is 12.0. The van der Waals surface area contributed by atoms with Gasteiger partial charge in [0.2, 0.25) is 15.9 Å². The summed E-state index contributed by atoms with van der Waals surface area (Å²) in [5, 5.41) is 3.16. The Labute approximate surface area is 181 Å². The summed E-state index contributed by atoms with van der Waals surface area (Å²) >= 11 is 5.81. The molecule has 0 fully saturated rings. The maximum atomic E-state index is 12.6. The van der Waals surface area contributed by atoms with E-state index in [1.165, 1.54) is 30.6 Å². The minimum Gasteiger partial charge on any atom is -0.355 e. The molecule has 0 aliphatic carbocycles. The lowest BCUT2D eigenvalue weighted by Crippen LogP contribution is -2.49. The van der Waals surface area contributed by atoms with E-state index in [0.29, 0.717) is 24.4 Å². The highest BCUT2D eigenvalue weighted by molar-refractivity contribution is 7.89. The van der Waals surface area contributed by atoms with E-state index in [1.54, 1.807) is 17.0 Å². The van der Waals surface area contributed by atoms with Gasteiger partial charge in [0.25, 0.3) is 0 Å². The van der Waals surface area contributed by atoms with Crippen LogP contribution in [0, 0.1) is 0 Å². The summed E-state index contributed by atoms with van der Waals surface area (Å²) in [4.78, 5) is 26.8. The molecule has 2 N–H and O–H groups in total. The number of hydrogen-bond donors (Lipinski definition) is 2. The van der Waals surface area contributed by atoms with E-state index in [4.69, 9.17) is 11.6 Å². The smallest absolute Gasteiger partial charge is 0.241 e. The molecule has 0 aliphatic rings. The molecule has 0 radical (unpaired) electrons. The van der Waals surface area contributed by atoms with Crippen LogP contribution in [-0.4, -0.2) is 42.7 Å². The SMILES string of the molecule is Cl.O=CCCCCCNC(=O)C(Cn1ccnc1)NS(=O)(=O)c1ccc(Cl)cc1. The molecule has 1 amide bonds. The van der Waals surface area contributed by atoms with E-state index in [0.717, 1.165) is 19.1 Å². The highest BCUT2D eigenvalue weighted by atomic mass is 35.5. The summed E-state index contributed by atoms with van der Waals surface area (Å²) in [7, 11) is -3.91. The highest BCUT2D eigenvalue weighted by Gasteiger charge is 2.26. The summed E-state index contributed by atoms with van der Waals surface area (Å²) in [6, 6.07) is 4.69. The standard InChI is InChI=1S/C18H23ClN4O4S.ClH/c19-15-5-7-16(8-6-15)28(26,27)22-17(13-23-11-10-20-14-23)18(25)21-9-3-1-2-4-12-24;/h5-8,10-12,14,17,22H,1-4,9,13H2,(H,21,25);1H. The second kappa shape index (κ2) is 12.6. The van der Waals surface area contributed by atoms with E-state index in [2.05, 4.69) is 15.0 Å². The first-order chi connectivity index (χ1) is 13.4. The van der Waals surface area contributed by atoms with Gasteiger partial charge in [-0.2, -0.15) is 4.72 Å². The van der Waals surface area contributed by atoms with E-state index < -0.39 is 22.0 Å². The number of benzene rings is 1. The zero-order chi connectivity index (χ0) is 20.4. The molecule has 1 heterocycles. The van der Waals surface area contributed by atoms with Crippen molar-refractivity contribution in [3.8, 4) is 0 Å². The Morgan fingerprint density at radius 2 is 1.93 bits per heavy atom.